The average molecular weight is 763 g/mol. The van der Waals surface area contributed by atoms with Gasteiger partial charge in [-0.3, -0.25) is 19.2 Å². The third-order valence-corrected chi connectivity index (χ3v) is 11.4. The van der Waals surface area contributed by atoms with Crippen LogP contribution in [0.3, 0.4) is 0 Å². The number of hydrogen-bond donors (Lipinski definition) is 2. The highest BCUT2D eigenvalue weighted by Gasteiger charge is 2.14. The molecule has 4 amide bonds. The molecule has 2 unspecified atom stereocenters. The van der Waals surface area contributed by atoms with Gasteiger partial charge < -0.3 is 20.4 Å². The Hall–Kier alpha value is -2.46. The summed E-state index contributed by atoms with van der Waals surface area (Å²) >= 11 is 0. The van der Waals surface area contributed by atoms with Gasteiger partial charge in [0.1, 0.15) is 0 Å². The monoisotopic (exact) mass is 763 g/mol. The van der Waals surface area contributed by atoms with Crippen molar-refractivity contribution in [3.63, 3.8) is 0 Å². The molecule has 0 spiro atoms. The number of rotatable bonds is 35. The number of carbonyl (C=O) groups is 4. The van der Waals surface area contributed by atoms with Crippen molar-refractivity contribution < 1.29 is 19.2 Å². The number of allylic oxidation sites excluding steroid dienone is 4. The molecule has 0 saturated heterocycles. The summed E-state index contributed by atoms with van der Waals surface area (Å²) in [6, 6.07) is 0.339. The van der Waals surface area contributed by atoms with Gasteiger partial charge in [0, 0.05) is 76.8 Å². The Labute approximate surface area is 326 Å². The lowest BCUT2D eigenvalue weighted by molar-refractivity contribution is -0.128. The molecule has 8 nitrogen and oxygen atoms in total. The maximum absolute atomic E-state index is 12.2. The molecule has 0 radical (unpaired) electrons. The van der Waals surface area contributed by atoms with E-state index < -0.39 is 0 Å². The Kier molecular flexibility index (Phi) is 33.9. The van der Waals surface area contributed by atoms with Crippen LogP contribution >= 0.6 is 21.6 Å². The van der Waals surface area contributed by atoms with Crippen LogP contribution in [0.25, 0.3) is 0 Å². The molecule has 0 aromatic carbocycles. The van der Waals surface area contributed by atoms with Crippen LogP contribution in [-0.4, -0.2) is 71.1 Å². The summed E-state index contributed by atoms with van der Waals surface area (Å²) in [7, 11) is 7.22. The average Bonchev–Trinajstić information content (AvgIpc) is 3.10. The minimum atomic E-state index is 0.0234. The van der Waals surface area contributed by atoms with Crippen molar-refractivity contribution >= 4 is 45.2 Å². The van der Waals surface area contributed by atoms with E-state index in [-0.39, 0.29) is 35.7 Å². The van der Waals surface area contributed by atoms with Gasteiger partial charge in [0.2, 0.25) is 23.6 Å². The first-order valence-corrected chi connectivity index (χ1v) is 22.4. The van der Waals surface area contributed by atoms with Crippen LogP contribution in [0.5, 0.6) is 0 Å². The maximum atomic E-state index is 12.2. The van der Waals surface area contributed by atoms with E-state index in [0.29, 0.717) is 12.8 Å². The maximum Gasteiger partial charge on any atom is 0.226 e. The SMILES string of the molecule is C=CCC=CN(C)C(=O)CCCCCCCCCCC(CSSCC(CCCCCCCCCCC(=O)N(C)C=CCC=C)NC(C)=O)NC(C)=O. The smallest absolute Gasteiger partial charge is 0.226 e. The van der Waals surface area contributed by atoms with Crippen molar-refractivity contribution in [2.24, 2.45) is 0 Å². The first-order valence-electron chi connectivity index (χ1n) is 20.0. The molecule has 0 aromatic heterocycles. The Morgan fingerprint density at radius 3 is 1.15 bits per heavy atom. The summed E-state index contributed by atoms with van der Waals surface area (Å²) in [4.78, 5) is 51.3. The van der Waals surface area contributed by atoms with Crippen molar-refractivity contribution in [3.8, 4) is 0 Å². The van der Waals surface area contributed by atoms with Gasteiger partial charge in [-0.05, 0) is 38.5 Å². The van der Waals surface area contributed by atoms with Crippen LogP contribution in [0.4, 0.5) is 0 Å². The fourth-order valence-electron chi connectivity index (χ4n) is 5.83. The normalized spacial score (nSPS) is 12.5. The van der Waals surface area contributed by atoms with Crippen LogP contribution in [0.2, 0.25) is 0 Å². The standard InChI is InChI=1S/C42H74N4O4S2/c1-7-9-27-33-45(5)41(49)31-25-21-17-13-11-15-19-23-29-39(43-37(3)47)35-51-52-36-40(44-38(4)48)30-24-20-16-12-14-18-22-26-32-42(50)46(6)34-28-10-8-2/h7-8,27-28,33-34,39-40H,1-2,9-26,29-32,35-36H2,3-6H3,(H,43,47)(H,44,48). The lowest BCUT2D eigenvalue weighted by atomic mass is 10.0. The Balaban J connectivity index is 4.06. The molecule has 2 atom stereocenters. The van der Waals surface area contributed by atoms with Gasteiger partial charge in [0.05, 0.1) is 0 Å². The van der Waals surface area contributed by atoms with Gasteiger partial charge in [-0.2, -0.15) is 0 Å². The molecule has 0 rings (SSSR count). The largest absolute Gasteiger partial charge is 0.353 e. The third-order valence-electron chi connectivity index (χ3n) is 8.87. The van der Waals surface area contributed by atoms with E-state index in [1.807, 2.05) is 50.8 Å². The Bertz CT molecular complexity index is 955. The van der Waals surface area contributed by atoms with Gasteiger partial charge in [0.15, 0.2) is 0 Å². The van der Waals surface area contributed by atoms with E-state index in [2.05, 4.69) is 23.8 Å². The second kappa shape index (κ2) is 35.6. The second-order valence-corrected chi connectivity index (χ2v) is 16.5. The summed E-state index contributed by atoms with van der Waals surface area (Å²) < 4.78 is 0. The van der Waals surface area contributed by atoms with E-state index in [1.165, 1.54) is 64.2 Å². The number of hydrogen-bond acceptors (Lipinski definition) is 6. The quantitative estimate of drug-likeness (QED) is 0.0379. The van der Waals surface area contributed by atoms with Gasteiger partial charge in [-0.25, -0.2) is 0 Å². The molecule has 0 aliphatic heterocycles. The molecule has 52 heavy (non-hydrogen) atoms. The van der Waals surface area contributed by atoms with Crippen molar-refractivity contribution in [1.29, 1.82) is 0 Å². The van der Waals surface area contributed by atoms with Crippen LogP contribution in [0.1, 0.15) is 155 Å². The molecule has 0 heterocycles. The second-order valence-electron chi connectivity index (χ2n) is 13.9. The van der Waals surface area contributed by atoms with E-state index in [0.717, 1.165) is 75.7 Å². The van der Waals surface area contributed by atoms with Gasteiger partial charge in [0.25, 0.3) is 0 Å². The van der Waals surface area contributed by atoms with E-state index in [9.17, 15) is 19.2 Å². The first kappa shape index (κ1) is 49.5. The lowest BCUT2D eigenvalue weighted by Gasteiger charge is -2.19. The molecular formula is C42H74N4O4S2. The van der Waals surface area contributed by atoms with Crippen LogP contribution < -0.4 is 10.6 Å². The minimum Gasteiger partial charge on any atom is -0.353 e. The lowest BCUT2D eigenvalue weighted by Crippen LogP contribution is -2.35. The Morgan fingerprint density at radius 2 is 0.846 bits per heavy atom. The fourth-order valence-corrected chi connectivity index (χ4v) is 8.42. The topological polar surface area (TPSA) is 98.8 Å². The van der Waals surface area contributed by atoms with Crippen molar-refractivity contribution in [2.45, 2.75) is 167 Å². The van der Waals surface area contributed by atoms with E-state index in [1.54, 1.807) is 45.2 Å². The third kappa shape index (κ3) is 32.2. The summed E-state index contributed by atoms with van der Waals surface area (Å²) in [6.07, 6.45) is 34.2. The van der Waals surface area contributed by atoms with Crippen LogP contribution in [-0.2, 0) is 19.2 Å². The Morgan fingerprint density at radius 1 is 0.538 bits per heavy atom. The molecule has 10 heteroatoms. The minimum absolute atomic E-state index is 0.0234. The molecule has 0 aliphatic rings. The predicted molar refractivity (Wildman–Crippen MR) is 226 cm³/mol. The zero-order valence-electron chi connectivity index (χ0n) is 33.3. The molecule has 2 N–H and O–H groups in total. The number of amides is 4. The highest BCUT2D eigenvalue weighted by molar-refractivity contribution is 8.76. The molecular weight excluding hydrogens is 689 g/mol. The van der Waals surface area contributed by atoms with Gasteiger partial charge in [-0.15, -0.1) is 13.2 Å². The molecule has 0 aliphatic carbocycles. The number of nitrogens with one attached hydrogen (secondary N) is 2. The van der Waals surface area contributed by atoms with Crippen LogP contribution in [0.15, 0.2) is 49.9 Å². The molecule has 0 saturated carbocycles. The van der Waals surface area contributed by atoms with Crippen molar-refractivity contribution in [3.05, 3.63) is 49.9 Å². The number of unbranched alkanes of at least 4 members (excludes halogenated alkanes) is 14. The van der Waals surface area contributed by atoms with Crippen molar-refractivity contribution in [1.82, 2.24) is 20.4 Å². The zero-order valence-corrected chi connectivity index (χ0v) is 35.0. The molecule has 0 bridgehead atoms. The van der Waals surface area contributed by atoms with E-state index >= 15 is 0 Å². The summed E-state index contributed by atoms with van der Waals surface area (Å²) in [5.74, 6) is 2.12. The summed E-state index contributed by atoms with van der Waals surface area (Å²) in [6.45, 7) is 10.6. The summed E-state index contributed by atoms with van der Waals surface area (Å²) in [5, 5.41) is 6.28. The van der Waals surface area contributed by atoms with E-state index in [4.69, 9.17) is 0 Å². The van der Waals surface area contributed by atoms with Gasteiger partial charge >= 0.3 is 0 Å². The highest BCUT2D eigenvalue weighted by atomic mass is 33.1. The fraction of sp³-hybridized carbons (Fsp3) is 0.714. The number of carbonyl (C=O) groups excluding carboxylic acids is 4. The zero-order chi connectivity index (χ0) is 38.7. The highest BCUT2D eigenvalue weighted by Crippen LogP contribution is 2.26. The molecule has 0 aromatic rings. The van der Waals surface area contributed by atoms with Gasteiger partial charge in [-0.1, -0.05) is 136 Å². The molecule has 298 valence electrons. The predicted octanol–water partition coefficient (Wildman–Crippen LogP) is 10.3. The number of nitrogens with zero attached hydrogens (tertiary/aromatic N) is 2. The first-order chi connectivity index (χ1) is 25.1. The molecule has 0 fully saturated rings. The summed E-state index contributed by atoms with van der Waals surface area (Å²) in [5.41, 5.74) is 0. The van der Waals surface area contributed by atoms with Crippen molar-refractivity contribution in [2.75, 3.05) is 25.6 Å². The van der Waals surface area contributed by atoms with Crippen LogP contribution in [0, 0.1) is 0 Å².